The molecule has 1 aliphatic heterocycles. The lowest BCUT2D eigenvalue weighted by Crippen LogP contribution is -2.32. The van der Waals surface area contributed by atoms with E-state index in [2.05, 4.69) is 21.2 Å². The van der Waals surface area contributed by atoms with Crippen molar-refractivity contribution in [2.24, 2.45) is 0 Å². The molecule has 2 unspecified atom stereocenters. The number of rotatable bonds is 3. The van der Waals surface area contributed by atoms with Crippen LogP contribution in [0.1, 0.15) is 0 Å². The van der Waals surface area contributed by atoms with E-state index < -0.39 is 12.2 Å². The SMILES string of the molecule is O=C(CN1CC(O)C(O)C1)Nc1ccc(Br)cc1Cl. The third-order valence-electron chi connectivity index (χ3n) is 2.91. The lowest BCUT2D eigenvalue weighted by Gasteiger charge is -2.14. The molecule has 19 heavy (non-hydrogen) atoms. The highest BCUT2D eigenvalue weighted by atomic mass is 79.9. The van der Waals surface area contributed by atoms with Crippen LogP contribution in [0.2, 0.25) is 5.02 Å². The fraction of sp³-hybridized carbons (Fsp3) is 0.417. The number of amides is 1. The second-order valence-electron chi connectivity index (χ2n) is 4.50. The minimum absolute atomic E-state index is 0.112. The molecule has 0 aromatic heterocycles. The average Bonchev–Trinajstić information content (AvgIpc) is 2.62. The number of carbonyl (C=O) groups is 1. The summed E-state index contributed by atoms with van der Waals surface area (Å²) in [4.78, 5) is 13.5. The standard InChI is InChI=1S/C12H14BrClN2O3/c13-7-1-2-9(8(14)3-7)15-12(19)6-16-4-10(17)11(18)5-16/h1-3,10-11,17-18H,4-6H2,(H,15,19). The summed E-state index contributed by atoms with van der Waals surface area (Å²) >= 11 is 9.28. The van der Waals surface area contributed by atoms with Gasteiger partial charge in [-0.2, -0.15) is 0 Å². The molecule has 1 saturated heterocycles. The van der Waals surface area contributed by atoms with Crippen LogP contribution in [0.25, 0.3) is 0 Å². The van der Waals surface area contributed by atoms with E-state index in [9.17, 15) is 15.0 Å². The molecule has 7 heteroatoms. The Hall–Kier alpha value is -0.660. The number of hydrogen-bond donors (Lipinski definition) is 3. The van der Waals surface area contributed by atoms with E-state index in [1.54, 1.807) is 23.1 Å². The van der Waals surface area contributed by atoms with Gasteiger partial charge in [0.25, 0.3) is 0 Å². The Labute approximate surface area is 124 Å². The van der Waals surface area contributed by atoms with Crippen molar-refractivity contribution in [1.82, 2.24) is 4.90 Å². The molecular weight excluding hydrogens is 336 g/mol. The molecule has 3 N–H and O–H groups in total. The van der Waals surface area contributed by atoms with Gasteiger partial charge >= 0.3 is 0 Å². The molecule has 2 rings (SSSR count). The van der Waals surface area contributed by atoms with Crippen LogP contribution in [0.5, 0.6) is 0 Å². The summed E-state index contributed by atoms with van der Waals surface area (Å²) in [6, 6.07) is 5.18. The molecule has 1 amide bonds. The summed E-state index contributed by atoms with van der Waals surface area (Å²) in [7, 11) is 0. The number of halogens is 2. The van der Waals surface area contributed by atoms with E-state index in [-0.39, 0.29) is 12.5 Å². The molecule has 0 bridgehead atoms. The fourth-order valence-electron chi connectivity index (χ4n) is 1.96. The van der Waals surface area contributed by atoms with Crippen LogP contribution in [0.3, 0.4) is 0 Å². The van der Waals surface area contributed by atoms with Crippen molar-refractivity contribution in [3.05, 3.63) is 27.7 Å². The van der Waals surface area contributed by atoms with Crippen LogP contribution in [0.4, 0.5) is 5.69 Å². The first kappa shape index (κ1) is 14.7. The zero-order valence-corrected chi connectivity index (χ0v) is 12.4. The summed E-state index contributed by atoms with van der Waals surface area (Å²) < 4.78 is 0.835. The molecule has 1 aromatic rings. The predicted octanol–water partition coefficient (Wildman–Crippen LogP) is 1.08. The highest BCUT2D eigenvalue weighted by molar-refractivity contribution is 9.10. The molecule has 1 heterocycles. The van der Waals surface area contributed by atoms with Crippen LogP contribution in [0, 0.1) is 0 Å². The van der Waals surface area contributed by atoms with Crippen molar-refractivity contribution in [1.29, 1.82) is 0 Å². The van der Waals surface area contributed by atoms with E-state index in [0.717, 1.165) is 4.47 Å². The molecule has 2 atom stereocenters. The van der Waals surface area contributed by atoms with Crippen molar-refractivity contribution in [3.63, 3.8) is 0 Å². The van der Waals surface area contributed by atoms with Crippen LogP contribution >= 0.6 is 27.5 Å². The van der Waals surface area contributed by atoms with Gasteiger partial charge in [0.15, 0.2) is 0 Å². The van der Waals surface area contributed by atoms with Crippen molar-refractivity contribution < 1.29 is 15.0 Å². The van der Waals surface area contributed by atoms with Gasteiger partial charge in [-0.1, -0.05) is 27.5 Å². The van der Waals surface area contributed by atoms with E-state index in [4.69, 9.17) is 11.6 Å². The largest absolute Gasteiger partial charge is 0.389 e. The van der Waals surface area contributed by atoms with Crippen LogP contribution in [-0.4, -0.2) is 52.9 Å². The lowest BCUT2D eigenvalue weighted by atomic mass is 10.3. The van der Waals surface area contributed by atoms with E-state index in [1.807, 2.05) is 0 Å². The fourth-order valence-corrected chi connectivity index (χ4v) is 2.68. The maximum Gasteiger partial charge on any atom is 0.238 e. The van der Waals surface area contributed by atoms with Gasteiger partial charge in [-0.15, -0.1) is 0 Å². The Balaban J connectivity index is 1.91. The smallest absolute Gasteiger partial charge is 0.238 e. The number of β-amino-alcohol motifs (C(OH)–C–C–N with tert-alkyl or cyclic N) is 2. The maximum atomic E-state index is 11.8. The molecule has 1 aromatic carbocycles. The average molecular weight is 350 g/mol. The van der Waals surface area contributed by atoms with Gasteiger partial charge in [0.05, 0.1) is 29.5 Å². The summed E-state index contributed by atoms with van der Waals surface area (Å²) in [5.74, 6) is -0.231. The summed E-state index contributed by atoms with van der Waals surface area (Å²) in [6.07, 6.45) is -1.58. The molecule has 0 spiro atoms. The summed E-state index contributed by atoms with van der Waals surface area (Å²) in [5, 5.41) is 21.9. The Morgan fingerprint density at radius 3 is 2.63 bits per heavy atom. The minimum atomic E-state index is -0.788. The highest BCUT2D eigenvalue weighted by Crippen LogP contribution is 2.25. The number of carbonyl (C=O) groups excluding carboxylic acids is 1. The first-order valence-electron chi connectivity index (χ1n) is 5.79. The Morgan fingerprint density at radius 2 is 2.05 bits per heavy atom. The number of benzene rings is 1. The molecule has 0 radical (unpaired) electrons. The zero-order valence-electron chi connectivity index (χ0n) is 10.0. The number of hydrogen-bond acceptors (Lipinski definition) is 4. The zero-order chi connectivity index (χ0) is 14.0. The molecule has 0 aliphatic carbocycles. The highest BCUT2D eigenvalue weighted by Gasteiger charge is 2.30. The van der Waals surface area contributed by atoms with Gasteiger partial charge in [0, 0.05) is 17.6 Å². The summed E-state index contributed by atoms with van der Waals surface area (Å²) in [6.45, 7) is 0.700. The van der Waals surface area contributed by atoms with Crippen molar-refractivity contribution in [2.45, 2.75) is 12.2 Å². The number of aliphatic hydroxyl groups excluding tert-OH is 2. The summed E-state index contributed by atoms with van der Waals surface area (Å²) in [5.41, 5.74) is 0.537. The third kappa shape index (κ3) is 3.90. The van der Waals surface area contributed by atoms with Gasteiger partial charge in [-0.25, -0.2) is 0 Å². The Bertz CT molecular complexity index is 476. The van der Waals surface area contributed by atoms with Gasteiger partial charge in [0.2, 0.25) is 5.91 Å². The number of anilines is 1. The molecule has 0 saturated carbocycles. The lowest BCUT2D eigenvalue weighted by molar-refractivity contribution is -0.117. The Morgan fingerprint density at radius 1 is 1.42 bits per heavy atom. The van der Waals surface area contributed by atoms with Crippen LogP contribution in [-0.2, 0) is 4.79 Å². The Kier molecular flexibility index (Phi) is 4.81. The molecule has 5 nitrogen and oxygen atoms in total. The first-order chi connectivity index (χ1) is 8.95. The second kappa shape index (κ2) is 6.19. The van der Waals surface area contributed by atoms with Crippen molar-refractivity contribution >= 4 is 39.1 Å². The number of likely N-dealkylation sites (tertiary alicyclic amines) is 1. The number of nitrogens with one attached hydrogen (secondary N) is 1. The minimum Gasteiger partial charge on any atom is -0.389 e. The number of aliphatic hydroxyl groups is 2. The quantitative estimate of drug-likeness (QED) is 0.763. The van der Waals surface area contributed by atoms with E-state index >= 15 is 0 Å². The van der Waals surface area contributed by atoms with E-state index in [0.29, 0.717) is 23.8 Å². The van der Waals surface area contributed by atoms with Gasteiger partial charge in [0.1, 0.15) is 0 Å². The van der Waals surface area contributed by atoms with Gasteiger partial charge in [-0.05, 0) is 18.2 Å². The topological polar surface area (TPSA) is 72.8 Å². The molecule has 1 fully saturated rings. The van der Waals surface area contributed by atoms with E-state index in [1.165, 1.54) is 0 Å². The van der Waals surface area contributed by atoms with Gasteiger partial charge < -0.3 is 15.5 Å². The normalized spacial score (nSPS) is 23.6. The number of nitrogens with zero attached hydrogens (tertiary/aromatic N) is 1. The second-order valence-corrected chi connectivity index (χ2v) is 5.82. The van der Waals surface area contributed by atoms with Gasteiger partial charge in [-0.3, -0.25) is 9.69 Å². The molecular formula is C12H14BrClN2O3. The monoisotopic (exact) mass is 348 g/mol. The first-order valence-corrected chi connectivity index (χ1v) is 6.96. The van der Waals surface area contributed by atoms with Crippen molar-refractivity contribution in [3.8, 4) is 0 Å². The molecule has 1 aliphatic rings. The maximum absolute atomic E-state index is 11.8. The van der Waals surface area contributed by atoms with Crippen molar-refractivity contribution in [2.75, 3.05) is 25.0 Å². The van der Waals surface area contributed by atoms with Crippen LogP contribution < -0.4 is 5.32 Å². The van der Waals surface area contributed by atoms with Crippen LogP contribution in [0.15, 0.2) is 22.7 Å². The molecule has 104 valence electrons. The third-order valence-corrected chi connectivity index (χ3v) is 3.71. The predicted molar refractivity (Wildman–Crippen MR) is 76.2 cm³/mol.